The monoisotopic (exact) mass is 368 g/mol. The fourth-order valence-electron chi connectivity index (χ4n) is 2.61. The second kappa shape index (κ2) is 8.82. The quantitative estimate of drug-likeness (QED) is 0.608. The maximum atomic E-state index is 12.1. The van der Waals surface area contributed by atoms with Crippen LogP contribution < -0.4 is 5.32 Å². The average molecular weight is 369 g/mol. The van der Waals surface area contributed by atoms with Gasteiger partial charge in [-0.25, -0.2) is 14.8 Å². The Kier molecular flexibility index (Phi) is 7.04. The number of rotatable bonds is 5. The SMILES string of the molecule is CSc1nccc(C(O)CNC2CCN(C(=O)OC(C)(C)C)CC2)n1. The Morgan fingerprint density at radius 3 is 2.76 bits per heavy atom. The molecule has 140 valence electrons. The maximum Gasteiger partial charge on any atom is 0.410 e. The highest BCUT2D eigenvalue weighted by atomic mass is 32.2. The van der Waals surface area contributed by atoms with Gasteiger partial charge in [-0.3, -0.25) is 0 Å². The van der Waals surface area contributed by atoms with E-state index in [1.54, 1.807) is 17.2 Å². The van der Waals surface area contributed by atoms with Gasteiger partial charge >= 0.3 is 6.09 Å². The number of aromatic nitrogens is 2. The molecule has 2 rings (SSSR count). The van der Waals surface area contributed by atoms with Gasteiger partial charge in [0.25, 0.3) is 0 Å². The Labute approximate surface area is 153 Å². The third-order valence-corrected chi connectivity index (χ3v) is 4.49. The Balaban J connectivity index is 1.75. The van der Waals surface area contributed by atoms with Crippen LogP contribution in [0.15, 0.2) is 17.4 Å². The zero-order valence-electron chi connectivity index (χ0n) is 15.4. The summed E-state index contributed by atoms with van der Waals surface area (Å²) in [5, 5.41) is 14.3. The van der Waals surface area contributed by atoms with E-state index in [9.17, 15) is 9.90 Å². The highest BCUT2D eigenvalue weighted by Gasteiger charge is 2.27. The van der Waals surface area contributed by atoms with Crippen LogP contribution >= 0.6 is 11.8 Å². The number of ether oxygens (including phenoxy) is 1. The summed E-state index contributed by atoms with van der Waals surface area (Å²) in [6.07, 6.45) is 4.32. The zero-order valence-corrected chi connectivity index (χ0v) is 16.2. The number of likely N-dealkylation sites (tertiary alicyclic amines) is 1. The minimum Gasteiger partial charge on any atom is -0.444 e. The summed E-state index contributed by atoms with van der Waals surface area (Å²) in [6, 6.07) is 2.01. The molecule has 0 aromatic carbocycles. The molecule has 0 bridgehead atoms. The van der Waals surface area contributed by atoms with Crippen LogP contribution in [0, 0.1) is 0 Å². The van der Waals surface area contributed by atoms with Crippen molar-refractivity contribution in [3.8, 4) is 0 Å². The number of thioether (sulfide) groups is 1. The van der Waals surface area contributed by atoms with Crippen molar-refractivity contribution in [1.82, 2.24) is 20.2 Å². The van der Waals surface area contributed by atoms with Crippen LogP contribution in [-0.2, 0) is 4.74 Å². The first-order valence-electron chi connectivity index (χ1n) is 8.55. The highest BCUT2D eigenvalue weighted by molar-refractivity contribution is 7.98. The molecule has 8 heteroatoms. The van der Waals surface area contributed by atoms with Crippen LogP contribution in [0.5, 0.6) is 0 Å². The van der Waals surface area contributed by atoms with Crippen molar-refractivity contribution in [2.45, 2.75) is 56.5 Å². The molecule has 1 aromatic rings. The molecule has 2 N–H and O–H groups in total. The Bertz CT molecular complexity index is 571. The molecule has 1 aliphatic heterocycles. The predicted molar refractivity (Wildman–Crippen MR) is 97.6 cm³/mol. The summed E-state index contributed by atoms with van der Waals surface area (Å²) in [4.78, 5) is 22.2. The summed E-state index contributed by atoms with van der Waals surface area (Å²) in [5.41, 5.74) is 0.154. The van der Waals surface area contributed by atoms with Gasteiger partial charge in [0.2, 0.25) is 0 Å². The van der Waals surface area contributed by atoms with Gasteiger partial charge in [-0.05, 0) is 45.9 Å². The van der Waals surface area contributed by atoms with E-state index in [0.717, 1.165) is 12.8 Å². The third kappa shape index (κ3) is 6.45. The molecular weight excluding hydrogens is 340 g/mol. The van der Waals surface area contributed by atoms with Crippen LogP contribution in [0.1, 0.15) is 45.4 Å². The molecule has 0 radical (unpaired) electrons. The van der Waals surface area contributed by atoms with Crippen LogP contribution in [0.3, 0.4) is 0 Å². The Morgan fingerprint density at radius 1 is 1.48 bits per heavy atom. The largest absolute Gasteiger partial charge is 0.444 e. The van der Waals surface area contributed by atoms with Gasteiger partial charge in [-0.15, -0.1) is 0 Å². The van der Waals surface area contributed by atoms with E-state index < -0.39 is 11.7 Å². The summed E-state index contributed by atoms with van der Waals surface area (Å²) in [7, 11) is 0. The number of amides is 1. The average Bonchev–Trinajstić information content (AvgIpc) is 2.58. The van der Waals surface area contributed by atoms with Crippen molar-refractivity contribution >= 4 is 17.9 Å². The highest BCUT2D eigenvalue weighted by Crippen LogP contribution is 2.17. The van der Waals surface area contributed by atoms with Crippen LogP contribution in [0.4, 0.5) is 4.79 Å². The molecule has 1 fully saturated rings. The number of hydrogen-bond donors (Lipinski definition) is 2. The lowest BCUT2D eigenvalue weighted by atomic mass is 10.0. The molecule has 1 saturated heterocycles. The van der Waals surface area contributed by atoms with Crippen LogP contribution in [-0.4, -0.2) is 63.6 Å². The summed E-state index contributed by atoms with van der Waals surface area (Å²) in [6.45, 7) is 7.37. The first kappa shape index (κ1) is 19.9. The molecule has 0 saturated carbocycles. The number of carbonyl (C=O) groups excluding carboxylic acids is 1. The minimum absolute atomic E-state index is 0.253. The van der Waals surface area contributed by atoms with Gasteiger partial charge in [-0.1, -0.05) is 11.8 Å². The van der Waals surface area contributed by atoms with Gasteiger partial charge in [0.15, 0.2) is 5.16 Å². The second-order valence-corrected chi connectivity index (χ2v) is 7.91. The Hall–Kier alpha value is -1.38. The van der Waals surface area contributed by atoms with E-state index >= 15 is 0 Å². The molecule has 7 nitrogen and oxygen atoms in total. The molecule has 1 aliphatic rings. The standard InChI is InChI=1S/C17H28N4O3S/c1-17(2,3)24-16(23)21-9-6-12(7-10-21)19-11-14(22)13-5-8-18-15(20-13)25-4/h5,8,12,14,19,22H,6-7,9-11H2,1-4H3. The van der Waals surface area contributed by atoms with Crippen molar-refractivity contribution in [3.63, 3.8) is 0 Å². The van der Waals surface area contributed by atoms with Gasteiger partial charge in [0, 0.05) is 31.9 Å². The topological polar surface area (TPSA) is 87.6 Å². The smallest absolute Gasteiger partial charge is 0.410 e. The van der Waals surface area contributed by atoms with E-state index in [0.29, 0.717) is 30.5 Å². The number of aliphatic hydroxyl groups is 1. The summed E-state index contributed by atoms with van der Waals surface area (Å²) >= 11 is 1.45. The fourth-order valence-corrected chi connectivity index (χ4v) is 2.98. The third-order valence-electron chi connectivity index (χ3n) is 3.93. The van der Waals surface area contributed by atoms with Crippen molar-refractivity contribution in [3.05, 3.63) is 18.0 Å². The number of nitrogens with one attached hydrogen (secondary N) is 1. The van der Waals surface area contributed by atoms with E-state index in [1.165, 1.54) is 11.8 Å². The first-order valence-corrected chi connectivity index (χ1v) is 9.77. The molecule has 0 spiro atoms. The molecule has 0 aliphatic carbocycles. The maximum absolute atomic E-state index is 12.1. The lowest BCUT2D eigenvalue weighted by molar-refractivity contribution is 0.0194. The molecule has 1 atom stereocenters. The van der Waals surface area contributed by atoms with Crippen LogP contribution in [0.25, 0.3) is 0 Å². The second-order valence-electron chi connectivity index (χ2n) is 7.13. The summed E-state index contributed by atoms with van der Waals surface area (Å²) < 4.78 is 5.40. The first-order chi connectivity index (χ1) is 11.8. The number of piperidine rings is 1. The fraction of sp³-hybridized carbons (Fsp3) is 0.706. The number of carbonyl (C=O) groups is 1. The van der Waals surface area contributed by atoms with Gasteiger partial charge in [-0.2, -0.15) is 0 Å². The lowest BCUT2D eigenvalue weighted by Crippen LogP contribution is -2.47. The molecular formula is C17H28N4O3S. The van der Waals surface area contributed by atoms with E-state index in [2.05, 4.69) is 15.3 Å². The van der Waals surface area contributed by atoms with Crippen molar-refractivity contribution < 1.29 is 14.6 Å². The van der Waals surface area contributed by atoms with E-state index in [-0.39, 0.29) is 12.1 Å². The van der Waals surface area contributed by atoms with E-state index in [4.69, 9.17) is 4.74 Å². The predicted octanol–water partition coefficient (Wildman–Crippen LogP) is 2.22. The lowest BCUT2D eigenvalue weighted by Gasteiger charge is -2.34. The molecule has 1 aromatic heterocycles. The van der Waals surface area contributed by atoms with Crippen molar-refractivity contribution in [1.29, 1.82) is 0 Å². The zero-order chi connectivity index (χ0) is 18.4. The minimum atomic E-state index is -0.669. The molecule has 25 heavy (non-hydrogen) atoms. The van der Waals surface area contributed by atoms with Gasteiger partial charge < -0.3 is 20.1 Å². The van der Waals surface area contributed by atoms with Crippen molar-refractivity contribution in [2.75, 3.05) is 25.9 Å². The Morgan fingerprint density at radius 2 is 2.16 bits per heavy atom. The summed E-state index contributed by atoms with van der Waals surface area (Å²) in [5.74, 6) is 0. The van der Waals surface area contributed by atoms with E-state index in [1.807, 2.05) is 27.0 Å². The molecule has 2 heterocycles. The van der Waals surface area contributed by atoms with Gasteiger partial charge in [0.05, 0.1) is 5.69 Å². The number of hydrogen-bond acceptors (Lipinski definition) is 7. The number of aliphatic hydroxyl groups excluding tert-OH is 1. The van der Waals surface area contributed by atoms with Crippen LogP contribution in [0.2, 0.25) is 0 Å². The normalized spacial score (nSPS) is 17.4. The van der Waals surface area contributed by atoms with Gasteiger partial charge in [0.1, 0.15) is 11.7 Å². The molecule has 1 amide bonds. The number of nitrogens with zero attached hydrogens (tertiary/aromatic N) is 3. The molecule has 1 unspecified atom stereocenters. The van der Waals surface area contributed by atoms with Crippen molar-refractivity contribution in [2.24, 2.45) is 0 Å².